The Labute approximate surface area is 249 Å². The molecule has 3 saturated carbocycles. The van der Waals surface area contributed by atoms with Crippen molar-refractivity contribution in [1.29, 1.82) is 0 Å². The van der Waals surface area contributed by atoms with Crippen molar-refractivity contribution in [3.8, 4) is 0 Å². The van der Waals surface area contributed by atoms with Gasteiger partial charge >= 0.3 is 0 Å². The van der Waals surface area contributed by atoms with Crippen LogP contribution in [0.25, 0.3) is 0 Å². The standard InChI is InChI=1S/C33H52O9/c1-17(16-40-30-29(38)28(37)27(36)25(15-34)41-30)7-12-33(39)18(2)26-24(42-33)14-23-21-6-5-19-13-20(35)8-10-31(19,3)22(21)9-11-32(23,26)4/h13,17-18,21-30,34,36-39H,5-12,14-16H2,1-4H3/t17?,18-,21+,22-,23-,24-,25+,26-,27+,28-,29+,30+,31-,32-,33?/m0/s1. The first-order valence-corrected chi connectivity index (χ1v) is 16.4. The maximum Gasteiger partial charge on any atom is 0.186 e. The highest BCUT2D eigenvalue weighted by atomic mass is 16.7. The molecule has 0 aromatic heterocycles. The number of aliphatic hydroxyl groups excluding tert-OH is 4. The molecule has 0 aromatic rings. The smallest absolute Gasteiger partial charge is 0.186 e. The van der Waals surface area contributed by atoms with Crippen molar-refractivity contribution in [2.75, 3.05) is 13.2 Å². The third-order valence-corrected chi connectivity index (χ3v) is 13.0. The van der Waals surface area contributed by atoms with E-state index in [9.17, 15) is 30.3 Å². The molecule has 0 bridgehead atoms. The molecule has 2 heterocycles. The molecule has 0 aromatic carbocycles. The van der Waals surface area contributed by atoms with Crippen LogP contribution < -0.4 is 0 Å². The molecular weight excluding hydrogens is 540 g/mol. The number of rotatable bonds is 7. The summed E-state index contributed by atoms with van der Waals surface area (Å²) in [6, 6.07) is 0. The first-order chi connectivity index (χ1) is 19.8. The quantitative estimate of drug-likeness (QED) is 0.301. The summed E-state index contributed by atoms with van der Waals surface area (Å²) in [7, 11) is 0. The van der Waals surface area contributed by atoms with E-state index >= 15 is 0 Å². The Bertz CT molecular complexity index is 1060. The minimum Gasteiger partial charge on any atom is -0.394 e. The summed E-state index contributed by atoms with van der Waals surface area (Å²) in [5, 5.41) is 51.5. The molecule has 6 rings (SSSR count). The fourth-order valence-electron chi connectivity index (χ4n) is 10.5. The first kappa shape index (κ1) is 31.1. The van der Waals surface area contributed by atoms with Crippen molar-refractivity contribution in [3.63, 3.8) is 0 Å². The average molecular weight is 593 g/mol. The zero-order chi connectivity index (χ0) is 30.2. The molecule has 5 fully saturated rings. The second kappa shape index (κ2) is 11.2. The van der Waals surface area contributed by atoms with Crippen LogP contribution in [-0.2, 0) is 19.0 Å². The van der Waals surface area contributed by atoms with E-state index in [1.54, 1.807) is 0 Å². The molecule has 0 spiro atoms. The number of hydrogen-bond acceptors (Lipinski definition) is 9. The van der Waals surface area contributed by atoms with E-state index in [1.165, 1.54) is 12.0 Å². The Hall–Kier alpha value is -0.910. The number of carbonyl (C=O) groups excluding carboxylic acids is 1. The van der Waals surface area contributed by atoms with Crippen LogP contribution in [0.1, 0.15) is 85.5 Å². The molecule has 2 unspecified atom stereocenters. The number of fused-ring (bicyclic) bond motifs is 7. The largest absolute Gasteiger partial charge is 0.394 e. The van der Waals surface area contributed by atoms with Gasteiger partial charge in [-0.1, -0.05) is 33.3 Å². The molecule has 9 nitrogen and oxygen atoms in total. The average Bonchev–Trinajstić information content (AvgIpc) is 3.39. The van der Waals surface area contributed by atoms with Crippen LogP contribution in [0.2, 0.25) is 0 Å². The van der Waals surface area contributed by atoms with E-state index < -0.39 is 43.1 Å². The molecule has 2 aliphatic heterocycles. The Morgan fingerprint density at radius 1 is 1.07 bits per heavy atom. The number of ketones is 1. The van der Waals surface area contributed by atoms with Gasteiger partial charge in [-0.2, -0.15) is 0 Å². The van der Waals surface area contributed by atoms with Crippen molar-refractivity contribution >= 4 is 5.78 Å². The lowest BCUT2D eigenvalue weighted by molar-refractivity contribution is -0.303. The highest BCUT2D eigenvalue weighted by molar-refractivity contribution is 5.91. The maximum atomic E-state index is 12.2. The first-order valence-electron chi connectivity index (χ1n) is 16.4. The predicted molar refractivity (Wildman–Crippen MR) is 153 cm³/mol. The summed E-state index contributed by atoms with van der Waals surface area (Å²) < 4.78 is 17.8. The lowest BCUT2D eigenvalue weighted by Gasteiger charge is -2.58. The lowest BCUT2D eigenvalue weighted by atomic mass is 9.46. The van der Waals surface area contributed by atoms with Gasteiger partial charge in [-0.3, -0.25) is 4.79 Å². The second-order valence-electron chi connectivity index (χ2n) is 15.2. The normalized spacial score (nSPS) is 52.6. The van der Waals surface area contributed by atoms with Gasteiger partial charge in [0.2, 0.25) is 0 Å². The summed E-state index contributed by atoms with van der Waals surface area (Å²) in [6.07, 6.45) is 3.87. The molecule has 42 heavy (non-hydrogen) atoms. The Morgan fingerprint density at radius 3 is 2.57 bits per heavy atom. The third-order valence-electron chi connectivity index (χ3n) is 13.0. The minimum atomic E-state index is -1.47. The molecule has 4 aliphatic carbocycles. The molecule has 15 atom stereocenters. The van der Waals surface area contributed by atoms with Crippen LogP contribution in [0, 0.1) is 46.3 Å². The molecular formula is C33H52O9. The van der Waals surface area contributed by atoms with E-state index in [0.29, 0.717) is 48.7 Å². The molecule has 9 heteroatoms. The number of ether oxygens (including phenoxy) is 3. The Morgan fingerprint density at radius 2 is 1.83 bits per heavy atom. The highest BCUT2D eigenvalue weighted by Crippen LogP contribution is 2.70. The fourth-order valence-corrected chi connectivity index (χ4v) is 10.5. The van der Waals surface area contributed by atoms with Gasteiger partial charge in [-0.15, -0.1) is 0 Å². The van der Waals surface area contributed by atoms with E-state index in [1.807, 2.05) is 13.0 Å². The SMILES string of the molecule is CC(CCC1(O)O[C@H]2C[C@H]3[C@@H]4CCC5=CC(=O)CC[C@]5(C)[C@H]4CC[C@]3(C)[C@H]2[C@@H]1C)CO[C@@H]1O[C@H](CO)[C@@H](O)[C@H](O)[C@H]1O. The van der Waals surface area contributed by atoms with Gasteiger partial charge in [0, 0.05) is 18.8 Å². The van der Waals surface area contributed by atoms with Gasteiger partial charge in [-0.05, 0) is 91.4 Å². The van der Waals surface area contributed by atoms with Crippen LogP contribution in [0.3, 0.4) is 0 Å². The maximum absolute atomic E-state index is 12.2. The summed E-state index contributed by atoms with van der Waals surface area (Å²) in [4.78, 5) is 12.2. The van der Waals surface area contributed by atoms with E-state index in [0.717, 1.165) is 32.1 Å². The Kier molecular flexibility index (Phi) is 8.26. The van der Waals surface area contributed by atoms with Crippen LogP contribution in [0.15, 0.2) is 11.6 Å². The van der Waals surface area contributed by atoms with E-state index in [-0.39, 0.29) is 35.4 Å². The van der Waals surface area contributed by atoms with Gasteiger partial charge in [0.05, 0.1) is 19.3 Å². The topological polar surface area (TPSA) is 146 Å². The van der Waals surface area contributed by atoms with Crippen LogP contribution in [0.4, 0.5) is 0 Å². The number of allylic oxidation sites excluding steroid dienone is 1. The van der Waals surface area contributed by atoms with Crippen LogP contribution >= 0.6 is 0 Å². The summed E-state index contributed by atoms with van der Waals surface area (Å²) >= 11 is 0. The molecule has 5 N–H and O–H groups in total. The molecule has 2 saturated heterocycles. The van der Waals surface area contributed by atoms with Crippen molar-refractivity contribution < 1.29 is 44.5 Å². The molecule has 0 amide bonds. The molecule has 0 radical (unpaired) electrons. The van der Waals surface area contributed by atoms with Crippen LogP contribution in [-0.4, -0.2) is 87.1 Å². The summed E-state index contributed by atoms with van der Waals surface area (Å²) in [5.41, 5.74) is 1.68. The van der Waals surface area contributed by atoms with Gasteiger partial charge < -0.3 is 39.7 Å². The predicted octanol–water partition coefficient (Wildman–Crippen LogP) is 2.70. The lowest BCUT2D eigenvalue weighted by Crippen LogP contribution is -2.59. The number of carbonyl (C=O) groups is 1. The highest BCUT2D eigenvalue weighted by Gasteiger charge is 2.67. The van der Waals surface area contributed by atoms with E-state index in [2.05, 4.69) is 20.8 Å². The molecule has 6 aliphatic rings. The third kappa shape index (κ3) is 4.85. The van der Waals surface area contributed by atoms with Gasteiger partial charge in [-0.25, -0.2) is 0 Å². The van der Waals surface area contributed by atoms with Crippen molar-refractivity contribution in [1.82, 2.24) is 0 Å². The van der Waals surface area contributed by atoms with Gasteiger partial charge in [0.25, 0.3) is 0 Å². The number of hydrogen-bond donors (Lipinski definition) is 5. The summed E-state index contributed by atoms with van der Waals surface area (Å²) in [6.45, 7) is 8.77. The fraction of sp³-hybridized carbons (Fsp3) is 0.909. The Balaban J connectivity index is 1.06. The zero-order valence-corrected chi connectivity index (χ0v) is 25.7. The minimum absolute atomic E-state index is 0.00884. The monoisotopic (exact) mass is 592 g/mol. The van der Waals surface area contributed by atoms with Crippen molar-refractivity contribution in [2.24, 2.45) is 46.3 Å². The van der Waals surface area contributed by atoms with Crippen molar-refractivity contribution in [3.05, 3.63) is 11.6 Å². The van der Waals surface area contributed by atoms with E-state index in [4.69, 9.17) is 14.2 Å². The van der Waals surface area contributed by atoms with Crippen molar-refractivity contribution in [2.45, 2.75) is 128 Å². The second-order valence-corrected chi connectivity index (χ2v) is 15.2. The summed E-state index contributed by atoms with van der Waals surface area (Å²) in [5.74, 6) is 1.29. The zero-order valence-electron chi connectivity index (χ0n) is 25.7. The molecule has 238 valence electrons. The van der Waals surface area contributed by atoms with Gasteiger partial charge in [0.1, 0.15) is 24.4 Å². The van der Waals surface area contributed by atoms with Crippen LogP contribution in [0.5, 0.6) is 0 Å². The van der Waals surface area contributed by atoms with Gasteiger partial charge in [0.15, 0.2) is 17.9 Å². The number of aliphatic hydroxyl groups is 5.